The van der Waals surface area contributed by atoms with Crippen molar-refractivity contribution >= 4 is 0 Å². The highest BCUT2D eigenvalue weighted by atomic mass is 19.4. The van der Waals surface area contributed by atoms with Crippen LogP contribution in [0.4, 0.5) is 198 Å². The van der Waals surface area contributed by atoms with Crippen LogP contribution in [0.1, 0.15) is 0 Å². The molecular formula is C22HF45. The van der Waals surface area contributed by atoms with E-state index in [0.717, 1.165) is 0 Å². The first kappa shape index (κ1) is 63.8. The molecule has 0 aliphatic rings. The summed E-state index contributed by atoms with van der Waals surface area (Å²) in [5.41, 5.74) is 0. The highest BCUT2D eigenvalue weighted by Crippen LogP contribution is 2.72. The average molecular weight is 1120 g/mol. The first-order valence-corrected chi connectivity index (χ1v) is 13.9. The smallest absolute Gasteiger partial charge is 0.203 e. The summed E-state index contributed by atoms with van der Waals surface area (Å²) in [5.74, 6) is -203. The van der Waals surface area contributed by atoms with E-state index >= 15 is 0 Å². The van der Waals surface area contributed by atoms with Gasteiger partial charge in [-0.05, 0) is 0 Å². The van der Waals surface area contributed by atoms with E-state index in [0.29, 0.717) is 0 Å². The summed E-state index contributed by atoms with van der Waals surface area (Å²) in [6.45, 7) is 0. The van der Waals surface area contributed by atoms with Gasteiger partial charge in [-0.3, -0.25) is 0 Å². The van der Waals surface area contributed by atoms with Gasteiger partial charge >= 0.3 is 131 Å². The van der Waals surface area contributed by atoms with Gasteiger partial charge in [0.05, 0.1) is 0 Å². The Morgan fingerprint density at radius 2 is 0.224 bits per heavy atom. The molecule has 0 bridgehead atoms. The Morgan fingerprint density at radius 1 is 0.134 bits per heavy atom. The van der Waals surface area contributed by atoms with Crippen molar-refractivity contribution in [3.63, 3.8) is 0 Å². The molecule has 0 N–H and O–H groups in total. The summed E-state index contributed by atoms with van der Waals surface area (Å²) < 4.78 is 606. The minimum atomic E-state index is -10.8. The molecule has 0 amide bonds. The maximum Gasteiger partial charge on any atom is 0.460 e. The van der Waals surface area contributed by atoms with E-state index in [-0.39, 0.29) is 0 Å². The fourth-order valence-electron chi connectivity index (χ4n) is 3.88. The zero-order valence-electron chi connectivity index (χ0n) is 28.1. The molecule has 0 aromatic carbocycles. The zero-order chi connectivity index (χ0) is 56.1. The van der Waals surface area contributed by atoms with Gasteiger partial charge in [-0.1, -0.05) is 0 Å². The summed E-state index contributed by atoms with van der Waals surface area (Å²) in [5, 5.41) is 0. The second-order valence-electron chi connectivity index (χ2n) is 12.3. The molecule has 45 heteroatoms. The molecule has 0 saturated heterocycles. The molecule has 0 nitrogen and oxygen atoms in total. The average Bonchev–Trinajstić information content (AvgIpc) is 3.09. The monoisotopic (exact) mass is 1120 g/mol. The highest BCUT2D eigenvalue weighted by molar-refractivity contribution is 5.24. The SMILES string of the molecule is FC(F)C(F)(F)C(F)(F)C(F)(F)C(F)(F)C(F)(F)C(F)(F)C(F)(F)C(F)(F)C(F)(F)C(F)(F)C(F)(F)C(F)(F)C(F)(F)C(F)(F)C(F)(F)C(F)(F)C(F)(F)C(F)(F)C(F)(F)C(F)(F)C(F)(F)F. The summed E-state index contributed by atoms with van der Waals surface area (Å²) >= 11 is 0. The van der Waals surface area contributed by atoms with Gasteiger partial charge in [0, 0.05) is 0 Å². The highest BCUT2D eigenvalue weighted by Gasteiger charge is 3.03. The molecule has 404 valence electrons. The van der Waals surface area contributed by atoms with Crippen LogP contribution in [0.5, 0.6) is 0 Å². The molecule has 0 saturated carbocycles. The van der Waals surface area contributed by atoms with Gasteiger partial charge < -0.3 is 0 Å². The van der Waals surface area contributed by atoms with Gasteiger partial charge in [-0.2, -0.15) is 189 Å². The van der Waals surface area contributed by atoms with Gasteiger partial charge in [-0.15, -0.1) is 0 Å². The maximum absolute atomic E-state index is 14.0. The van der Waals surface area contributed by atoms with Crippen molar-refractivity contribution in [3.8, 4) is 0 Å². The first-order valence-electron chi connectivity index (χ1n) is 13.9. The predicted octanol–water partition coefficient (Wildman–Crippen LogP) is 14.5. The van der Waals surface area contributed by atoms with Crippen molar-refractivity contribution in [2.45, 2.75) is 131 Å². The predicted molar refractivity (Wildman–Crippen MR) is 111 cm³/mol. The van der Waals surface area contributed by atoms with E-state index in [1.54, 1.807) is 0 Å². The van der Waals surface area contributed by atoms with E-state index in [4.69, 9.17) is 0 Å². The molecule has 0 aromatic heterocycles. The Morgan fingerprint density at radius 3 is 0.313 bits per heavy atom. The Labute approximate surface area is 330 Å². The van der Waals surface area contributed by atoms with Crippen LogP contribution in [0.3, 0.4) is 0 Å². The number of rotatable bonds is 20. The lowest BCUT2D eigenvalue weighted by atomic mass is 9.81. The van der Waals surface area contributed by atoms with E-state index in [1.165, 1.54) is 0 Å². The van der Waals surface area contributed by atoms with Gasteiger partial charge in [-0.25, -0.2) is 8.78 Å². The van der Waals surface area contributed by atoms with Crippen LogP contribution in [0, 0.1) is 0 Å². The van der Waals surface area contributed by atoms with Crippen molar-refractivity contribution in [1.82, 2.24) is 0 Å². The quantitative estimate of drug-likeness (QED) is 0.107. The van der Waals surface area contributed by atoms with E-state index in [1.807, 2.05) is 0 Å². The van der Waals surface area contributed by atoms with Crippen LogP contribution in [-0.2, 0) is 0 Å². The normalized spacial score (nSPS) is 17.5. The number of hydrogen-bond donors (Lipinski definition) is 0. The van der Waals surface area contributed by atoms with Crippen molar-refractivity contribution < 1.29 is 198 Å². The molecule has 0 aliphatic carbocycles. The van der Waals surface area contributed by atoms with E-state index < -0.39 is 131 Å². The maximum atomic E-state index is 14.0. The van der Waals surface area contributed by atoms with Gasteiger partial charge in [0.25, 0.3) is 0 Å². The van der Waals surface area contributed by atoms with Crippen LogP contribution in [-0.4, -0.2) is 131 Å². The number of hydrogen-bond acceptors (Lipinski definition) is 0. The van der Waals surface area contributed by atoms with Crippen LogP contribution in [0.2, 0.25) is 0 Å². The zero-order valence-corrected chi connectivity index (χ0v) is 28.1. The summed E-state index contributed by atoms with van der Waals surface area (Å²) in [4.78, 5) is 0. The van der Waals surface area contributed by atoms with Gasteiger partial charge in [0.1, 0.15) is 0 Å². The van der Waals surface area contributed by atoms with E-state index in [2.05, 4.69) is 0 Å². The fourth-order valence-corrected chi connectivity index (χ4v) is 3.88. The van der Waals surface area contributed by atoms with Crippen molar-refractivity contribution in [2.24, 2.45) is 0 Å². The van der Waals surface area contributed by atoms with Crippen LogP contribution < -0.4 is 0 Å². The van der Waals surface area contributed by atoms with Crippen LogP contribution in [0.25, 0.3) is 0 Å². The number of alkyl halides is 45. The third kappa shape index (κ3) is 6.96. The Bertz CT molecular complexity index is 1780. The minimum absolute atomic E-state index is 6.66. The molecule has 0 heterocycles. The number of halogens is 45. The molecule has 0 rings (SSSR count). The lowest BCUT2D eigenvalue weighted by Gasteiger charge is -2.47. The molecule has 0 aliphatic heterocycles. The fraction of sp³-hybridized carbons (Fsp3) is 1.00. The van der Waals surface area contributed by atoms with Crippen molar-refractivity contribution in [3.05, 3.63) is 0 Å². The van der Waals surface area contributed by atoms with Crippen molar-refractivity contribution in [1.29, 1.82) is 0 Å². The molecule has 67 heavy (non-hydrogen) atoms. The van der Waals surface area contributed by atoms with Gasteiger partial charge in [0.15, 0.2) is 0 Å². The molecule has 0 unspecified atom stereocenters. The lowest BCUT2D eigenvalue weighted by Crippen LogP contribution is -2.81. The molecule has 0 spiro atoms. The van der Waals surface area contributed by atoms with Gasteiger partial charge in [0.2, 0.25) is 0 Å². The third-order valence-corrected chi connectivity index (χ3v) is 8.15. The molecule has 0 aromatic rings. The van der Waals surface area contributed by atoms with Crippen molar-refractivity contribution in [2.75, 3.05) is 0 Å². The molecule has 0 atom stereocenters. The van der Waals surface area contributed by atoms with E-state index in [9.17, 15) is 198 Å². The third-order valence-electron chi connectivity index (χ3n) is 8.15. The van der Waals surface area contributed by atoms with Crippen LogP contribution in [0.15, 0.2) is 0 Å². The minimum Gasteiger partial charge on any atom is -0.203 e. The first-order chi connectivity index (χ1) is 27.9. The molecule has 0 fully saturated rings. The molecule has 0 radical (unpaired) electrons. The summed E-state index contributed by atoms with van der Waals surface area (Å²) in [6, 6.07) is 0. The molecular weight excluding hydrogens is 1120 g/mol. The second-order valence-corrected chi connectivity index (χ2v) is 12.3. The lowest BCUT2D eigenvalue weighted by molar-refractivity contribution is -0.497. The second kappa shape index (κ2) is 15.2. The van der Waals surface area contributed by atoms with Crippen LogP contribution >= 0.6 is 0 Å². The summed E-state index contributed by atoms with van der Waals surface area (Å²) in [6.07, 6.45) is -15.2. The summed E-state index contributed by atoms with van der Waals surface area (Å²) in [7, 11) is 0. The Balaban J connectivity index is 8.06. The largest absolute Gasteiger partial charge is 0.460 e. The topological polar surface area (TPSA) is 0 Å². The Kier molecular flexibility index (Phi) is 14.5. The standard InChI is InChI=1S/C22HF45/c23-1(24)2(25,26)3(27,28)4(29,30)5(31,32)6(33,34)7(35,36)8(37,38)9(39,40)10(41,42)11(43,44)12(45,46)13(47,48)14(49,50)15(51,52)16(53,54)17(55,56)18(57,58)19(59,60)20(61,62)21(63,64)22(65,66)67/h1H. The Hall–Kier alpha value is -3.15.